The second-order valence-corrected chi connectivity index (χ2v) is 2.83. The average Bonchev–Trinajstić information content (AvgIpc) is 2.62. The molecule has 0 spiro atoms. The standard InChI is InChI=1S/C10H8N2O2/c13-7-10(14)11-8-4-6-12-5-2-1-3-9(8)12/h1-7H,(H,11,14). The number of hydrogen-bond donors (Lipinski definition) is 1. The molecule has 0 bridgehead atoms. The Hall–Kier alpha value is -2.10. The summed E-state index contributed by atoms with van der Waals surface area (Å²) in [4.78, 5) is 21.0. The van der Waals surface area contributed by atoms with Crippen LogP contribution in [-0.2, 0) is 9.59 Å². The van der Waals surface area contributed by atoms with Crippen molar-refractivity contribution in [2.24, 2.45) is 0 Å². The minimum absolute atomic E-state index is 0.256. The molecule has 0 fully saturated rings. The number of aromatic nitrogens is 1. The highest BCUT2D eigenvalue weighted by atomic mass is 16.2. The van der Waals surface area contributed by atoms with Crippen LogP contribution >= 0.6 is 0 Å². The molecule has 2 rings (SSSR count). The highest BCUT2D eigenvalue weighted by Crippen LogP contribution is 2.17. The first kappa shape index (κ1) is 8.50. The third-order valence-electron chi connectivity index (χ3n) is 1.93. The number of nitrogens with zero attached hydrogens (tertiary/aromatic N) is 1. The number of amides is 1. The Morgan fingerprint density at radius 1 is 1.29 bits per heavy atom. The summed E-state index contributed by atoms with van der Waals surface area (Å²) in [6.07, 6.45) is 3.94. The first-order chi connectivity index (χ1) is 6.81. The van der Waals surface area contributed by atoms with E-state index in [-0.39, 0.29) is 6.29 Å². The van der Waals surface area contributed by atoms with E-state index in [4.69, 9.17) is 0 Å². The van der Waals surface area contributed by atoms with E-state index in [1.807, 2.05) is 35.0 Å². The van der Waals surface area contributed by atoms with Gasteiger partial charge in [-0.2, -0.15) is 0 Å². The number of aldehydes is 1. The van der Waals surface area contributed by atoms with Gasteiger partial charge in [-0.1, -0.05) is 6.07 Å². The van der Waals surface area contributed by atoms with Crippen molar-refractivity contribution in [1.29, 1.82) is 0 Å². The number of rotatable bonds is 2. The second-order valence-electron chi connectivity index (χ2n) is 2.83. The highest BCUT2D eigenvalue weighted by Gasteiger charge is 2.04. The van der Waals surface area contributed by atoms with Crippen LogP contribution in [0.3, 0.4) is 0 Å². The molecule has 0 atom stereocenters. The lowest BCUT2D eigenvalue weighted by Gasteiger charge is -1.98. The number of anilines is 1. The molecular formula is C10H8N2O2. The molecule has 2 aromatic rings. The summed E-state index contributed by atoms with van der Waals surface area (Å²) in [5.41, 5.74) is 1.51. The van der Waals surface area contributed by atoms with Gasteiger partial charge in [0, 0.05) is 12.4 Å². The average molecular weight is 188 g/mol. The molecule has 70 valence electrons. The molecule has 0 saturated heterocycles. The van der Waals surface area contributed by atoms with E-state index < -0.39 is 5.91 Å². The summed E-state index contributed by atoms with van der Waals surface area (Å²) in [6, 6.07) is 7.36. The topological polar surface area (TPSA) is 50.6 Å². The molecule has 2 heterocycles. The van der Waals surface area contributed by atoms with Crippen LogP contribution < -0.4 is 5.32 Å². The Morgan fingerprint density at radius 2 is 2.14 bits per heavy atom. The van der Waals surface area contributed by atoms with Crippen molar-refractivity contribution in [3.8, 4) is 0 Å². The van der Waals surface area contributed by atoms with E-state index >= 15 is 0 Å². The van der Waals surface area contributed by atoms with Crippen LogP contribution in [0.5, 0.6) is 0 Å². The molecule has 0 aromatic carbocycles. The Kier molecular flexibility index (Phi) is 2.02. The lowest BCUT2D eigenvalue weighted by molar-refractivity contribution is -0.127. The lowest BCUT2D eigenvalue weighted by Crippen LogP contribution is -2.11. The van der Waals surface area contributed by atoms with Gasteiger partial charge in [0.25, 0.3) is 5.91 Å². The quantitative estimate of drug-likeness (QED) is 0.566. The molecule has 0 aliphatic carbocycles. The first-order valence-corrected chi connectivity index (χ1v) is 4.13. The number of nitrogens with one attached hydrogen (secondary N) is 1. The summed E-state index contributed by atoms with van der Waals surface area (Å²) in [7, 11) is 0. The van der Waals surface area contributed by atoms with Gasteiger partial charge in [-0.3, -0.25) is 9.59 Å². The van der Waals surface area contributed by atoms with Crippen LogP contribution in [-0.4, -0.2) is 16.6 Å². The monoisotopic (exact) mass is 188 g/mol. The van der Waals surface area contributed by atoms with Gasteiger partial charge in [-0.15, -0.1) is 0 Å². The van der Waals surface area contributed by atoms with Gasteiger partial charge in [0.15, 0.2) is 0 Å². The minimum Gasteiger partial charge on any atom is -0.322 e. The van der Waals surface area contributed by atoms with Crippen LogP contribution in [0.2, 0.25) is 0 Å². The molecule has 2 aromatic heterocycles. The predicted octanol–water partition coefficient (Wildman–Crippen LogP) is 1.08. The third-order valence-corrected chi connectivity index (χ3v) is 1.93. The van der Waals surface area contributed by atoms with Crippen molar-refractivity contribution in [1.82, 2.24) is 4.40 Å². The van der Waals surface area contributed by atoms with E-state index in [1.165, 1.54) is 0 Å². The molecule has 0 unspecified atom stereocenters. The van der Waals surface area contributed by atoms with Gasteiger partial charge in [0.05, 0.1) is 11.2 Å². The van der Waals surface area contributed by atoms with Crippen LogP contribution in [0.4, 0.5) is 5.69 Å². The molecule has 0 aliphatic heterocycles. The van der Waals surface area contributed by atoms with Gasteiger partial charge in [-0.25, -0.2) is 0 Å². The maximum Gasteiger partial charge on any atom is 0.288 e. The van der Waals surface area contributed by atoms with Crippen LogP contribution in [0.1, 0.15) is 0 Å². The van der Waals surface area contributed by atoms with E-state index in [9.17, 15) is 9.59 Å². The fourth-order valence-corrected chi connectivity index (χ4v) is 1.32. The molecule has 0 saturated carbocycles. The summed E-state index contributed by atoms with van der Waals surface area (Å²) in [5, 5.41) is 2.49. The zero-order valence-electron chi connectivity index (χ0n) is 7.31. The Labute approximate surface area is 80.2 Å². The van der Waals surface area contributed by atoms with Crippen LogP contribution in [0.15, 0.2) is 36.7 Å². The van der Waals surface area contributed by atoms with Crippen molar-refractivity contribution in [2.45, 2.75) is 0 Å². The van der Waals surface area contributed by atoms with Crippen molar-refractivity contribution >= 4 is 23.4 Å². The van der Waals surface area contributed by atoms with Gasteiger partial charge in [0.1, 0.15) is 0 Å². The molecular weight excluding hydrogens is 180 g/mol. The van der Waals surface area contributed by atoms with E-state index in [1.54, 1.807) is 6.07 Å². The number of carbonyl (C=O) groups is 2. The van der Waals surface area contributed by atoms with Crippen LogP contribution in [0.25, 0.3) is 5.52 Å². The summed E-state index contributed by atoms with van der Waals surface area (Å²) in [5.74, 6) is -0.637. The van der Waals surface area contributed by atoms with E-state index in [0.29, 0.717) is 5.69 Å². The minimum atomic E-state index is -0.637. The Balaban J connectivity index is 2.43. The maximum atomic E-state index is 10.8. The third kappa shape index (κ3) is 1.37. The predicted molar refractivity (Wildman–Crippen MR) is 52.1 cm³/mol. The summed E-state index contributed by atoms with van der Waals surface area (Å²) < 4.78 is 1.86. The first-order valence-electron chi connectivity index (χ1n) is 4.13. The number of pyridine rings is 1. The van der Waals surface area contributed by atoms with Crippen molar-refractivity contribution in [3.05, 3.63) is 36.7 Å². The van der Waals surface area contributed by atoms with E-state index in [0.717, 1.165) is 5.52 Å². The SMILES string of the molecule is O=CC(=O)Nc1ccn2ccccc12. The second kappa shape index (κ2) is 3.33. The number of fused-ring (bicyclic) bond motifs is 1. The highest BCUT2D eigenvalue weighted by molar-refractivity contribution is 6.30. The number of hydrogen-bond acceptors (Lipinski definition) is 2. The molecule has 0 aliphatic rings. The van der Waals surface area contributed by atoms with Gasteiger partial charge in [0.2, 0.25) is 6.29 Å². The van der Waals surface area contributed by atoms with E-state index in [2.05, 4.69) is 5.32 Å². The van der Waals surface area contributed by atoms with Gasteiger partial charge < -0.3 is 9.72 Å². The Bertz CT molecular complexity index is 488. The molecule has 0 radical (unpaired) electrons. The fourth-order valence-electron chi connectivity index (χ4n) is 1.32. The van der Waals surface area contributed by atoms with Crippen molar-refractivity contribution < 1.29 is 9.59 Å². The number of carbonyl (C=O) groups excluding carboxylic acids is 2. The zero-order valence-corrected chi connectivity index (χ0v) is 7.31. The lowest BCUT2D eigenvalue weighted by atomic mass is 10.3. The smallest absolute Gasteiger partial charge is 0.288 e. The zero-order chi connectivity index (χ0) is 9.97. The summed E-state index contributed by atoms with van der Waals surface area (Å²) >= 11 is 0. The Morgan fingerprint density at radius 3 is 2.93 bits per heavy atom. The largest absolute Gasteiger partial charge is 0.322 e. The molecule has 4 nitrogen and oxygen atoms in total. The summed E-state index contributed by atoms with van der Waals surface area (Å²) in [6.45, 7) is 0. The molecule has 1 N–H and O–H groups in total. The maximum absolute atomic E-state index is 10.8. The van der Waals surface area contributed by atoms with Crippen molar-refractivity contribution in [3.63, 3.8) is 0 Å². The van der Waals surface area contributed by atoms with Gasteiger partial charge in [-0.05, 0) is 18.2 Å². The fraction of sp³-hybridized carbons (Fsp3) is 0. The molecule has 1 amide bonds. The molecule has 14 heavy (non-hydrogen) atoms. The van der Waals surface area contributed by atoms with Crippen LogP contribution in [0, 0.1) is 0 Å². The normalized spacial score (nSPS) is 10.0. The van der Waals surface area contributed by atoms with Crippen molar-refractivity contribution in [2.75, 3.05) is 5.32 Å². The van der Waals surface area contributed by atoms with Gasteiger partial charge >= 0.3 is 0 Å². The molecule has 4 heteroatoms.